The zero-order valence-electron chi connectivity index (χ0n) is 9.94. The van der Waals surface area contributed by atoms with Gasteiger partial charge >= 0.3 is 0 Å². The van der Waals surface area contributed by atoms with Crippen LogP contribution in [0.3, 0.4) is 0 Å². The van der Waals surface area contributed by atoms with Gasteiger partial charge in [-0.05, 0) is 19.1 Å². The molecule has 3 nitrogen and oxygen atoms in total. The normalized spacial score (nSPS) is 10.6. The Hall–Kier alpha value is -1.26. The Balaban J connectivity index is 2.06. The monoisotopic (exact) mass is 280 g/mol. The van der Waals surface area contributed by atoms with Crippen molar-refractivity contribution in [2.75, 3.05) is 0 Å². The van der Waals surface area contributed by atoms with Crippen LogP contribution in [-0.2, 0) is 11.6 Å². The second-order valence-electron chi connectivity index (χ2n) is 3.92. The molecule has 1 heterocycles. The summed E-state index contributed by atoms with van der Waals surface area (Å²) in [6.45, 7) is 2.06. The summed E-state index contributed by atoms with van der Waals surface area (Å²) in [5.41, 5.74) is 1.57. The molecule has 18 heavy (non-hydrogen) atoms. The van der Waals surface area contributed by atoms with Crippen molar-refractivity contribution in [3.63, 3.8) is 0 Å². The first-order valence-corrected chi connectivity index (χ1v) is 7.03. The summed E-state index contributed by atoms with van der Waals surface area (Å²) in [4.78, 5) is 19.6. The van der Waals surface area contributed by atoms with Crippen LogP contribution in [0, 0.1) is 6.92 Å². The standard InChI is InChI=1S/C13H13ClN2OS/c1-9-3-2-4-11(5-9)18-8-12-15-7-10(6-14)13(17)16-12/h2-5,7H,6,8H2,1H3,(H,15,16,17). The summed E-state index contributed by atoms with van der Waals surface area (Å²) in [6.07, 6.45) is 1.54. The third kappa shape index (κ3) is 3.37. The summed E-state index contributed by atoms with van der Waals surface area (Å²) in [5, 5.41) is 0. The Bertz CT molecular complexity index is 598. The minimum atomic E-state index is -0.153. The van der Waals surface area contributed by atoms with E-state index in [1.807, 2.05) is 12.1 Å². The predicted molar refractivity (Wildman–Crippen MR) is 75.2 cm³/mol. The number of hydrogen-bond donors (Lipinski definition) is 1. The second-order valence-corrected chi connectivity index (χ2v) is 5.24. The average Bonchev–Trinajstić information content (AvgIpc) is 2.37. The molecule has 0 aliphatic carbocycles. The molecule has 0 aliphatic rings. The molecule has 0 saturated carbocycles. The van der Waals surface area contributed by atoms with Crippen LogP contribution in [0.5, 0.6) is 0 Å². The molecule has 0 atom stereocenters. The van der Waals surface area contributed by atoms with Crippen LogP contribution < -0.4 is 5.56 Å². The Morgan fingerprint density at radius 1 is 1.44 bits per heavy atom. The molecule has 0 bridgehead atoms. The number of rotatable bonds is 4. The zero-order valence-corrected chi connectivity index (χ0v) is 11.5. The third-order valence-electron chi connectivity index (χ3n) is 2.43. The summed E-state index contributed by atoms with van der Waals surface area (Å²) < 4.78 is 0. The van der Waals surface area contributed by atoms with E-state index in [-0.39, 0.29) is 11.4 Å². The van der Waals surface area contributed by atoms with E-state index in [1.165, 1.54) is 16.7 Å². The second kappa shape index (κ2) is 6.07. The Morgan fingerprint density at radius 2 is 2.28 bits per heavy atom. The fourth-order valence-electron chi connectivity index (χ4n) is 1.48. The van der Waals surface area contributed by atoms with Crippen molar-refractivity contribution in [3.05, 3.63) is 57.8 Å². The number of aromatic amines is 1. The van der Waals surface area contributed by atoms with Gasteiger partial charge in [0.25, 0.3) is 5.56 Å². The number of hydrogen-bond acceptors (Lipinski definition) is 3. The molecule has 2 aromatic rings. The third-order valence-corrected chi connectivity index (χ3v) is 3.73. The lowest BCUT2D eigenvalue weighted by Crippen LogP contribution is -2.14. The Kier molecular flexibility index (Phi) is 4.44. The van der Waals surface area contributed by atoms with E-state index in [2.05, 4.69) is 29.0 Å². The maximum Gasteiger partial charge on any atom is 0.255 e. The summed E-state index contributed by atoms with van der Waals surface area (Å²) in [5.74, 6) is 1.50. The van der Waals surface area contributed by atoms with Crippen molar-refractivity contribution in [1.82, 2.24) is 9.97 Å². The van der Waals surface area contributed by atoms with Crippen LogP contribution in [-0.4, -0.2) is 9.97 Å². The molecule has 5 heteroatoms. The lowest BCUT2D eigenvalue weighted by atomic mass is 10.2. The van der Waals surface area contributed by atoms with Crippen molar-refractivity contribution < 1.29 is 0 Å². The molecule has 1 aromatic carbocycles. The smallest absolute Gasteiger partial charge is 0.255 e. The van der Waals surface area contributed by atoms with Gasteiger partial charge in [0.2, 0.25) is 0 Å². The minimum absolute atomic E-state index is 0.153. The quantitative estimate of drug-likeness (QED) is 0.691. The molecule has 0 saturated heterocycles. The number of alkyl halides is 1. The molecule has 0 spiro atoms. The molecule has 2 rings (SSSR count). The van der Waals surface area contributed by atoms with Crippen molar-refractivity contribution in [1.29, 1.82) is 0 Å². The van der Waals surface area contributed by atoms with Crippen molar-refractivity contribution in [2.45, 2.75) is 23.5 Å². The highest BCUT2D eigenvalue weighted by atomic mass is 35.5. The minimum Gasteiger partial charge on any atom is -0.310 e. The van der Waals surface area contributed by atoms with E-state index in [0.717, 1.165) is 0 Å². The molecular formula is C13H13ClN2OS. The van der Waals surface area contributed by atoms with Gasteiger partial charge in [-0.15, -0.1) is 23.4 Å². The topological polar surface area (TPSA) is 45.8 Å². The molecule has 0 unspecified atom stereocenters. The van der Waals surface area contributed by atoms with Crippen LogP contribution in [0.1, 0.15) is 17.0 Å². The van der Waals surface area contributed by atoms with E-state index < -0.39 is 0 Å². The molecule has 0 fully saturated rings. The van der Waals surface area contributed by atoms with Crippen molar-refractivity contribution in [3.8, 4) is 0 Å². The number of nitrogens with zero attached hydrogens (tertiary/aromatic N) is 1. The van der Waals surface area contributed by atoms with Gasteiger partial charge in [-0.2, -0.15) is 0 Å². The first kappa shape index (κ1) is 13.2. The van der Waals surface area contributed by atoms with Gasteiger partial charge in [0.1, 0.15) is 5.82 Å². The van der Waals surface area contributed by atoms with Crippen LogP contribution in [0.2, 0.25) is 0 Å². The summed E-state index contributed by atoms with van der Waals surface area (Å²) in [7, 11) is 0. The van der Waals surface area contributed by atoms with E-state index >= 15 is 0 Å². The number of aromatic nitrogens is 2. The molecular weight excluding hydrogens is 268 g/mol. The van der Waals surface area contributed by atoms with Crippen LogP contribution in [0.25, 0.3) is 0 Å². The fraction of sp³-hybridized carbons (Fsp3) is 0.231. The molecule has 0 amide bonds. The van der Waals surface area contributed by atoms with E-state index in [0.29, 0.717) is 17.1 Å². The largest absolute Gasteiger partial charge is 0.310 e. The lowest BCUT2D eigenvalue weighted by Gasteiger charge is -2.03. The maximum atomic E-state index is 11.5. The van der Waals surface area contributed by atoms with Crippen LogP contribution in [0.15, 0.2) is 40.2 Å². The first-order chi connectivity index (χ1) is 8.69. The fourth-order valence-corrected chi connectivity index (χ4v) is 2.57. The van der Waals surface area contributed by atoms with Crippen molar-refractivity contribution in [2.24, 2.45) is 0 Å². The molecule has 1 N–H and O–H groups in total. The Morgan fingerprint density at radius 3 is 2.94 bits per heavy atom. The number of halogens is 1. The number of H-pyrrole nitrogens is 1. The van der Waals surface area contributed by atoms with Crippen molar-refractivity contribution >= 4 is 23.4 Å². The molecule has 0 radical (unpaired) electrons. The van der Waals surface area contributed by atoms with Gasteiger partial charge in [0, 0.05) is 11.1 Å². The van der Waals surface area contributed by atoms with Gasteiger partial charge < -0.3 is 4.98 Å². The van der Waals surface area contributed by atoms with Gasteiger partial charge in [-0.3, -0.25) is 4.79 Å². The molecule has 0 aliphatic heterocycles. The van der Waals surface area contributed by atoms with Crippen LogP contribution in [0.4, 0.5) is 0 Å². The van der Waals surface area contributed by atoms with Gasteiger partial charge in [0.15, 0.2) is 0 Å². The number of benzene rings is 1. The summed E-state index contributed by atoms with van der Waals surface area (Å²) >= 11 is 7.25. The number of nitrogens with one attached hydrogen (secondary N) is 1. The highest BCUT2D eigenvalue weighted by Crippen LogP contribution is 2.21. The Labute approximate surface area is 115 Å². The highest BCUT2D eigenvalue weighted by Gasteiger charge is 2.02. The summed E-state index contributed by atoms with van der Waals surface area (Å²) in [6, 6.07) is 8.22. The van der Waals surface area contributed by atoms with Crippen LogP contribution >= 0.6 is 23.4 Å². The first-order valence-electron chi connectivity index (χ1n) is 5.51. The lowest BCUT2D eigenvalue weighted by molar-refractivity contribution is 0.973. The maximum absolute atomic E-state index is 11.5. The van der Waals surface area contributed by atoms with Gasteiger partial charge in [0.05, 0.1) is 17.2 Å². The SMILES string of the molecule is Cc1cccc(SCc2ncc(CCl)c(=O)[nH]2)c1. The average molecular weight is 281 g/mol. The predicted octanol–water partition coefficient (Wildman–Crippen LogP) is 3.11. The van der Waals surface area contributed by atoms with E-state index in [1.54, 1.807) is 11.8 Å². The van der Waals surface area contributed by atoms with E-state index in [4.69, 9.17) is 11.6 Å². The number of aryl methyl sites for hydroxylation is 1. The van der Waals surface area contributed by atoms with E-state index in [9.17, 15) is 4.79 Å². The molecule has 94 valence electrons. The number of thioether (sulfide) groups is 1. The van der Waals surface area contributed by atoms with Gasteiger partial charge in [-0.1, -0.05) is 17.7 Å². The highest BCUT2D eigenvalue weighted by molar-refractivity contribution is 7.98. The zero-order chi connectivity index (χ0) is 13.0. The van der Waals surface area contributed by atoms with Gasteiger partial charge in [-0.25, -0.2) is 4.98 Å². The molecule has 1 aromatic heterocycles.